The molecule has 3 aromatic rings. The summed E-state index contributed by atoms with van der Waals surface area (Å²) in [6.45, 7) is 2.83. The number of aromatic nitrogens is 3. The van der Waals surface area contributed by atoms with Gasteiger partial charge in [-0.3, -0.25) is 14.3 Å². The van der Waals surface area contributed by atoms with Crippen molar-refractivity contribution in [3.8, 4) is 11.3 Å². The predicted molar refractivity (Wildman–Crippen MR) is 147 cm³/mol. The first-order valence-corrected chi connectivity index (χ1v) is 14.0. The number of hydrogen-bond acceptors (Lipinski definition) is 6. The Bertz CT molecular complexity index is 1330. The molecule has 2 aromatic heterocycles. The Morgan fingerprint density at radius 2 is 1.82 bits per heavy atom. The van der Waals surface area contributed by atoms with Gasteiger partial charge in [0.2, 0.25) is 5.95 Å². The van der Waals surface area contributed by atoms with Crippen LogP contribution in [0.25, 0.3) is 11.3 Å². The van der Waals surface area contributed by atoms with Gasteiger partial charge in [0.1, 0.15) is 6.10 Å². The third-order valence-corrected chi connectivity index (χ3v) is 8.60. The van der Waals surface area contributed by atoms with Crippen molar-refractivity contribution in [2.24, 2.45) is 13.0 Å². The maximum absolute atomic E-state index is 14.4. The molecule has 0 amide bonds. The molecule has 2 saturated heterocycles. The quantitative estimate of drug-likeness (QED) is 0.479. The number of anilines is 2. The highest BCUT2D eigenvalue weighted by Crippen LogP contribution is 2.37. The number of benzene rings is 1. The lowest BCUT2D eigenvalue weighted by Gasteiger charge is -2.42. The number of morpholine rings is 1. The Kier molecular flexibility index (Phi) is 7.15. The summed E-state index contributed by atoms with van der Waals surface area (Å²) in [5, 5.41) is 0. The molecule has 3 aliphatic rings. The number of nitrogens with zero attached hydrogens (tertiary/aromatic N) is 5. The number of pyridine rings is 1. The third kappa shape index (κ3) is 4.94. The number of fused-ring (bicyclic) bond motifs is 1. The summed E-state index contributed by atoms with van der Waals surface area (Å²) in [4.78, 5) is 26.0. The van der Waals surface area contributed by atoms with Crippen LogP contribution in [0.2, 0.25) is 0 Å². The van der Waals surface area contributed by atoms with Crippen molar-refractivity contribution >= 4 is 11.6 Å². The summed E-state index contributed by atoms with van der Waals surface area (Å²) in [6.07, 6.45) is 11.9. The molecule has 0 radical (unpaired) electrons. The van der Waals surface area contributed by atoms with Gasteiger partial charge in [-0.05, 0) is 55.4 Å². The minimum Gasteiger partial charge on any atom is -0.370 e. The Morgan fingerprint density at radius 3 is 2.66 bits per heavy atom. The van der Waals surface area contributed by atoms with Crippen molar-refractivity contribution < 1.29 is 9.13 Å². The van der Waals surface area contributed by atoms with E-state index in [9.17, 15) is 9.18 Å². The van der Waals surface area contributed by atoms with E-state index in [2.05, 4.69) is 39.0 Å². The molecular formula is C30H36FN5O2. The van der Waals surface area contributed by atoms with Crippen LogP contribution in [0.15, 0.2) is 53.6 Å². The molecule has 1 saturated carbocycles. The number of piperidine rings is 1. The van der Waals surface area contributed by atoms with Crippen molar-refractivity contribution in [2.45, 2.75) is 57.1 Å². The van der Waals surface area contributed by atoms with Gasteiger partial charge in [-0.2, -0.15) is 0 Å². The van der Waals surface area contributed by atoms with Crippen LogP contribution >= 0.6 is 0 Å². The highest BCUT2D eigenvalue weighted by molar-refractivity contribution is 5.60. The van der Waals surface area contributed by atoms with Crippen LogP contribution in [0, 0.1) is 11.7 Å². The number of hydrogen-bond donors (Lipinski definition) is 0. The smallest absolute Gasteiger partial charge is 0.255 e. The normalized spacial score (nSPS) is 24.1. The van der Waals surface area contributed by atoms with Crippen LogP contribution in [-0.2, 0) is 11.8 Å². The first-order chi connectivity index (χ1) is 18.6. The molecular weight excluding hydrogens is 481 g/mol. The molecule has 0 bridgehead atoms. The van der Waals surface area contributed by atoms with Gasteiger partial charge in [-0.15, -0.1) is 0 Å². The van der Waals surface area contributed by atoms with E-state index < -0.39 is 5.82 Å². The lowest BCUT2D eigenvalue weighted by Crippen LogP contribution is -2.45. The third-order valence-electron chi connectivity index (χ3n) is 8.60. The molecule has 6 rings (SSSR count). The van der Waals surface area contributed by atoms with E-state index in [1.807, 2.05) is 0 Å². The van der Waals surface area contributed by atoms with Crippen LogP contribution in [0.4, 0.5) is 16.0 Å². The largest absolute Gasteiger partial charge is 0.370 e. The standard InChI is InChI=1S/C30H36FN5O2/c1-34-29(37)18-26(24-13-14-32-19-25(24)31)33-30(34)35-16-17-38-28(20-35)22-9-11-23(12-10-22)36-15-5-7-21-6-3-2-4-8-27(21)36/h9-14,18-19,21,27-28H,2-8,15-17,20H2,1H3/t21-,27+,28-/m1/s1. The Morgan fingerprint density at radius 1 is 1.00 bits per heavy atom. The Balaban J connectivity index is 1.22. The van der Waals surface area contributed by atoms with Crippen molar-refractivity contribution in [3.05, 3.63) is 70.5 Å². The number of halogens is 1. The maximum atomic E-state index is 14.4. The zero-order valence-electron chi connectivity index (χ0n) is 22.1. The molecule has 2 aliphatic heterocycles. The second-order valence-corrected chi connectivity index (χ2v) is 10.9. The zero-order valence-corrected chi connectivity index (χ0v) is 22.1. The zero-order chi connectivity index (χ0) is 26.1. The number of ether oxygens (including phenoxy) is 1. The second kappa shape index (κ2) is 10.8. The van der Waals surface area contributed by atoms with E-state index in [0.29, 0.717) is 37.4 Å². The van der Waals surface area contributed by atoms with Gasteiger partial charge in [0.25, 0.3) is 5.56 Å². The molecule has 8 heteroatoms. The molecule has 1 aliphatic carbocycles. The van der Waals surface area contributed by atoms with Gasteiger partial charge in [0.15, 0.2) is 5.82 Å². The van der Waals surface area contributed by atoms with E-state index in [4.69, 9.17) is 9.72 Å². The van der Waals surface area contributed by atoms with Gasteiger partial charge < -0.3 is 14.5 Å². The summed E-state index contributed by atoms with van der Waals surface area (Å²) in [5.74, 6) is 0.848. The number of rotatable bonds is 4. The van der Waals surface area contributed by atoms with Crippen molar-refractivity contribution in [3.63, 3.8) is 0 Å². The van der Waals surface area contributed by atoms with Gasteiger partial charge >= 0.3 is 0 Å². The van der Waals surface area contributed by atoms with Crippen molar-refractivity contribution in [2.75, 3.05) is 36.0 Å². The van der Waals surface area contributed by atoms with Crippen LogP contribution in [0.3, 0.4) is 0 Å². The van der Waals surface area contributed by atoms with E-state index in [0.717, 1.165) is 24.2 Å². The average Bonchev–Trinajstić information content (AvgIpc) is 3.21. The van der Waals surface area contributed by atoms with Crippen LogP contribution in [0.1, 0.15) is 56.6 Å². The molecule has 1 aromatic carbocycles. The average molecular weight is 518 g/mol. The predicted octanol–water partition coefficient (Wildman–Crippen LogP) is 5.11. The molecule has 3 fully saturated rings. The fraction of sp³-hybridized carbons (Fsp3) is 0.500. The highest BCUT2D eigenvalue weighted by atomic mass is 19.1. The molecule has 200 valence electrons. The monoisotopic (exact) mass is 517 g/mol. The minimum atomic E-state index is -0.497. The van der Waals surface area contributed by atoms with Gasteiger partial charge in [0, 0.05) is 49.7 Å². The molecule has 0 spiro atoms. The lowest BCUT2D eigenvalue weighted by atomic mass is 9.85. The molecule has 3 atom stereocenters. The van der Waals surface area contributed by atoms with E-state index in [1.165, 1.54) is 67.5 Å². The minimum absolute atomic E-state index is 0.136. The lowest BCUT2D eigenvalue weighted by molar-refractivity contribution is 0.0390. The molecule has 7 nitrogen and oxygen atoms in total. The maximum Gasteiger partial charge on any atom is 0.255 e. The van der Waals surface area contributed by atoms with Crippen LogP contribution in [0.5, 0.6) is 0 Å². The van der Waals surface area contributed by atoms with E-state index >= 15 is 0 Å². The summed E-state index contributed by atoms with van der Waals surface area (Å²) in [7, 11) is 1.70. The van der Waals surface area contributed by atoms with Gasteiger partial charge in [0.05, 0.1) is 25.0 Å². The van der Waals surface area contributed by atoms with Crippen LogP contribution < -0.4 is 15.4 Å². The van der Waals surface area contributed by atoms with Crippen molar-refractivity contribution in [1.82, 2.24) is 14.5 Å². The van der Waals surface area contributed by atoms with Crippen molar-refractivity contribution in [1.29, 1.82) is 0 Å². The summed E-state index contributed by atoms with van der Waals surface area (Å²) in [6, 6.07) is 12.5. The topological polar surface area (TPSA) is 63.5 Å². The first kappa shape index (κ1) is 25.0. The summed E-state index contributed by atoms with van der Waals surface area (Å²) < 4.78 is 22.1. The Hall–Kier alpha value is -3.26. The highest BCUT2D eigenvalue weighted by Gasteiger charge is 2.32. The SMILES string of the molecule is Cn1c(N2CCO[C@@H](c3ccc(N4CCC[C@H]5CCCCC[C@@H]54)cc3)C2)nc(-c2ccncc2F)cc1=O. The van der Waals surface area contributed by atoms with Gasteiger partial charge in [-0.1, -0.05) is 31.4 Å². The molecule has 4 heterocycles. The van der Waals surface area contributed by atoms with E-state index in [1.54, 1.807) is 13.1 Å². The fourth-order valence-electron chi connectivity index (χ4n) is 6.57. The molecule has 0 N–H and O–H groups in total. The summed E-state index contributed by atoms with van der Waals surface area (Å²) >= 11 is 0. The second-order valence-electron chi connectivity index (χ2n) is 10.9. The van der Waals surface area contributed by atoms with E-state index in [-0.39, 0.29) is 17.2 Å². The summed E-state index contributed by atoms with van der Waals surface area (Å²) in [5.41, 5.74) is 2.79. The fourth-order valence-corrected chi connectivity index (χ4v) is 6.57. The van der Waals surface area contributed by atoms with Gasteiger partial charge in [-0.25, -0.2) is 9.37 Å². The Labute approximate surface area is 223 Å². The van der Waals surface area contributed by atoms with Crippen LogP contribution in [-0.4, -0.2) is 46.8 Å². The molecule has 38 heavy (non-hydrogen) atoms. The molecule has 0 unspecified atom stereocenters. The first-order valence-electron chi connectivity index (χ1n) is 14.0.